The monoisotopic (exact) mass is 297 g/mol. The van der Waals surface area contributed by atoms with Crippen LogP contribution in [0.5, 0.6) is 0 Å². The van der Waals surface area contributed by atoms with Crippen molar-refractivity contribution >= 4 is 45.0 Å². The lowest BCUT2D eigenvalue weighted by Crippen LogP contribution is -2.34. The van der Waals surface area contributed by atoms with E-state index in [0.717, 1.165) is 29.5 Å². The Morgan fingerprint density at radius 1 is 1.37 bits per heavy atom. The third-order valence-electron chi connectivity index (χ3n) is 3.43. The molecular weight excluding hydrogens is 282 g/mol. The zero-order valence-corrected chi connectivity index (χ0v) is 12.0. The Labute approximate surface area is 121 Å². The molecule has 102 valence electrons. The predicted molar refractivity (Wildman–Crippen MR) is 80.8 cm³/mol. The number of halogens is 1. The Hall–Kier alpha value is -1.17. The van der Waals surface area contributed by atoms with E-state index in [4.69, 9.17) is 5.73 Å². The first-order valence-electron chi connectivity index (χ1n) is 6.16. The lowest BCUT2D eigenvalue weighted by atomic mass is 10.0. The molecule has 0 aliphatic heterocycles. The van der Waals surface area contributed by atoms with E-state index < -0.39 is 0 Å². The highest BCUT2D eigenvalue weighted by Gasteiger charge is 2.30. The summed E-state index contributed by atoms with van der Waals surface area (Å²) in [5.41, 5.74) is 6.86. The first-order chi connectivity index (χ1) is 8.74. The fraction of sp³-hybridized carbons (Fsp3) is 0.385. The van der Waals surface area contributed by atoms with Crippen molar-refractivity contribution in [1.82, 2.24) is 4.98 Å². The van der Waals surface area contributed by atoms with Crippen molar-refractivity contribution in [1.29, 1.82) is 0 Å². The lowest BCUT2D eigenvalue weighted by molar-refractivity contribution is -0.120. The van der Waals surface area contributed by atoms with E-state index >= 15 is 0 Å². The van der Waals surface area contributed by atoms with Crippen molar-refractivity contribution in [3.63, 3.8) is 0 Å². The van der Waals surface area contributed by atoms with Crippen LogP contribution in [0.25, 0.3) is 10.2 Å². The standard InChI is InChI=1S/C13H15N3OS.ClH/c14-9-5-3-4-8(9)12(17)16-13-15-10-6-1-2-7-11(10)18-13;/h1-2,6-9H,3-5,14H2,(H,15,16,17);1H. The summed E-state index contributed by atoms with van der Waals surface area (Å²) in [6, 6.07) is 7.87. The van der Waals surface area contributed by atoms with E-state index in [9.17, 15) is 4.79 Å². The molecule has 1 amide bonds. The predicted octanol–water partition coefficient (Wildman–Crippen LogP) is 2.78. The second-order valence-electron chi connectivity index (χ2n) is 4.68. The summed E-state index contributed by atoms with van der Waals surface area (Å²) < 4.78 is 1.09. The van der Waals surface area contributed by atoms with Crippen LogP contribution in [0.4, 0.5) is 5.13 Å². The Balaban J connectivity index is 0.00000133. The van der Waals surface area contributed by atoms with Crippen molar-refractivity contribution < 1.29 is 4.79 Å². The molecule has 3 rings (SSSR count). The van der Waals surface area contributed by atoms with Gasteiger partial charge in [-0.1, -0.05) is 29.9 Å². The molecule has 1 aliphatic rings. The van der Waals surface area contributed by atoms with Gasteiger partial charge < -0.3 is 11.1 Å². The van der Waals surface area contributed by atoms with Crippen LogP contribution in [0.3, 0.4) is 0 Å². The van der Waals surface area contributed by atoms with Gasteiger partial charge in [0.25, 0.3) is 0 Å². The van der Waals surface area contributed by atoms with E-state index in [1.807, 2.05) is 24.3 Å². The van der Waals surface area contributed by atoms with E-state index in [-0.39, 0.29) is 30.3 Å². The first kappa shape index (κ1) is 14.2. The number of nitrogens with one attached hydrogen (secondary N) is 1. The topological polar surface area (TPSA) is 68.0 Å². The largest absolute Gasteiger partial charge is 0.327 e. The van der Waals surface area contributed by atoms with Crippen molar-refractivity contribution in [3.05, 3.63) is 24.3 Å². The second-order valence-corrected chi connectivity index (χ2v) is 5.71. The molecule has 3 N–H and O–H groups in total. The maximum atomic E-state index is 12.1. The van der Waals surface area contributed by atoms with Gasteiger partial charge in [0.15, 0.2) is 5.13 Å². The lowest BCUT2D eigenvalue weighted by Gasteiger charge is -2.13. The quantitative estimate of drug-likeness (QED) is 0.895. The number of hydrogen-bond donors (Lipinski definition) is 2. The smallest absolute Gasteiger partial charge is 0.230 e. The maximum absolute atomic E-state index is 12.1. The molecule has 1 aromatic carbocycles. The minimum Gasteiger partial charge on any atom is -0.327 e. The number of thiazole rings is 1. The van der Waals surface area contributed by atoms with Crippen LogP contribution in [0.2, 0.25) is 0 Å². The molecule has 0 bridgehead atoms. The highest BCUT2D eigenvalue weighted by atomic mass is 35.5. The Kier molecular flexibility index (Phi) is 4.39. The van der Waals surface area contributed by atoms with Crippen LogP contribution in [0.1, 0.15) is 19.3 Å². The summed E-state index contributed by atoms with van der Waals surface area (Å²) in [6.45, 7) is 0. The summed E-state index contributed by atoms with van der Waals surface area (Å²) in [5, 5.41) is 3.56. The molecule has 2 aromatic rings. The number of carbonyl (C=O) groups is 1. The van der Waals surface area contributed by atoms with E-state index in [1.165, 1.54) is 11.3 Å². The molecule has 0 saturated heterocycles. The molecule has 1 aromatic heterocycles. The summed E-state index contributed by atoms with van der Waals surface area (Å²) >= 11 is 1.50. The molecule has 2 unspecified atom stereocenters. The number of anilines is 1. The summed E-state index contributed by atoms with van der Waals surface area (Å²) in [4.78, 5) is 16.5. The number of para-hydroxylation sites is 1. The molecular formula is C13H16ClN3OS. The third-order valence-corrected chi connectivity index (χ3v) is 4.38. The van der Waals surface area contributed by atoms with E-state index in [0.29, 0.717) is 5.13 Å². The van der Waals surface area contributed by atoms with Crippen LogP contribution < -0.4 is 11.1 Å². The van der Waals surface area contributed by atoms with Crippen LogP contribution in [-0.2, 0) is 4.79 Å². The number of amides is 1. The summed E-state index contributed by atoms with van der Waals surface area (Å²) in [6.07, 6.45) is 2.87. The van der Waals surface area contributed by atoms with Gasteiger partial charge in [0.1, 0.15) is 0 Å². The maximum Gasteiger partial charge on any atom is 0.230 e. The zero-order chi connectivity index (χ0) is 12.5. The van der Waals surface area contributed by atoms with E-state index in [1.54, 1.807) is 0 Å². The van der Waals surface area contributed by atoms with Gasteiger partial charge >= 0.3 is 0 Å². The van der Waals surface area contributed by atoms with E-state index in [2.05, 4.69) is 10.3 Å². The van der Waals surface area contributed by atoms with Crippen molar-refractivity contribution in [3.8, 4) is 0 Å². The van der Waals surface area contributed by atoms with Crippen molar-refractivity contribution in [2.45, 2.75) is 25.3 Å². The molecule has 4 nitrogen and oxygen atoms in total. The van der Waals surface area contributed by atoms with Gasteiger partial charge in [0.2, 0.25) is 5.91 Å². The number of rotatable bonds is 2. The normalized spacial score (nSPS) is 22.2. The van der Waals surface area contributed by atoms with Crippen LogP contribution in [-0.4, -0.2) is 16.9 Å². The highest BCUT2D eigenvalue weighted by Crippen LogP contribution is 2.28. The third kappa shape index (κ3) is 2.88. The second kappa shape index (κ2) is 5.86. The highest BCUT2D eigenvalue weighted by molar-refractivity contribution is 7.22. The van der Waals surface area contributed by atoms with Gasteiger partial charge in [0.05, 0.1) is 16.1 Å². The number of carbonyl (C=O) groups excluding carboxylic acids is 1. The number of fused-ring (bicyclic) bond motifs is 1. The number of nitrogens with zero attached hydrogens (tertiary/aromatic N) is 1. The average molecular weight is 298 g/mol. The molecule has 0 radical (unpaired) electrons. The van der Waals surface area contributed by atoms with Gasteiger partial charge in [-0.05, 0) is 25.0 Å². The average Bonchev–Trinajstić information content (AvgIpc) is 2.94. The minimum atomic E-state index is -0.0583. The molecule has 1 saturated carbocycles. The number of aromatic nitrogens is 1. The zero-order valence-electron chi connectivity index (χ0n) is 10.3. The summed E-state index contributed by atoms with van der Waals surface area (Å²) in [5.74, 6) is -0.0453. The number of hydrogen-bond acceptors (Lipinski definition) is 4. The number of nitrogens with two attached hydrogens (primary N) is 1. The summed E-state index contributed by atoms with van der Waals surface area (Å²) in [7, 11) is 0. The van der Waals surface area contributed by atoms with Gasteiger partial charge in [-0.25, -0.2) is 4.98 Å². The molecule has 1 aliphatic carbocycles. The first-order valence-corrected chi connectivity index (χ1v) is 6.98. The van der Waals surface area contributed by atoms with Crippen LogP contribution in [0.15, 0.2) is 24.3 Å². The molecule has 19 heavy (non-hydrogen) atoms. The Morgan fingerprint density at radius 3 is 2.84 bits per heavy atom. The van der Waals surface area contributed by atoms with Crippen molar-refractivity contribution in [2.24, 2.45) is 11.7 Å². The van der Waals surface area contributed by atoms with Crippen LogP contribution >= 0.6 is 23.7 Å². The van der Waals surface area contributed by atoms with Gasteiger partial charge in [-0.15, -0.1) is 12.4 Å². The fourth-order valence-electron chi connectivity index (χ4n) is 2.44. The SMILES string of the molecule is Cl.NC1CCCC1C(=O)Nc1nc2ccccc2s1. The van der Waals surface area contributed by atoms with Gasteiger partial charge in [-0.2, -0.15) is 0 Å². The Bertz CT molecular complexity index is 553. The molecule has 1 fully saturated rings. The van der Waals surface area contributed by atoms with Gasteiger partial charge in [0, 0.05) is 6.04 Å². The number of benzene rings is 1. The fourth-order valence-corrected chi connectivity index (χ4v) is 3.31. The van der Waals surface area contributed by atoms with Crippen LogP contribution in [0, 0.1) is 5.92 Å². The van der Waals surface area contributed by atoms with Gasteiger partial charge in [-0.3, -0.25) is 4.79 Å². The molecule has 0 spiro atoms. The van der Waals surface area contributed by atoms with Crippen molar-refractivity contribution in [2.75, 3.05) is 5.32 Å². The Morgan fingerprint density at radius 2 is 2.16 bits per heavy atom. The molecule has 6 heteroatoms. The molecule has 1 heterocycles. The minimum absolute atomic E-state index is 0. The molecule has 2 atom stereocenters.